The van der Waals surface area contributed by atoms with Crippen LogP contribution in [0.4, 0.5) is 0 Å². The number of amides is 1. The van der Waals surface area contributed by atoms with Crippen molar-refractivity contribution in [2.45, 2.75) is 19.9 Å². The fraction of sp³-hybridized carbons (Fsp3) is 0.143. The molecule has 3 heterocycles. The molecule has 4 aromatic rings. The highest BCUT2D eigenvalue weighted by Crippen LogP contribution is 2.20. The average molecular weight is 357 g/mol. The molecule has 0 aliphatic rings. The van der Waals surface area contributed by atoms with Gasteiger partial charge in [0.1, 0.15) is 0 Å². The summed E-state index contributed by atoms with van der Waals surface area (Å²) in [4.78, 5) is 20.8. The lowest BCUT2D eigenvalue weighted by Crippen LogP contribution is -2.19. The van der Waals surface area contributed by atoms with Gasteiger partial charge in [-0.3, -0.25) is 9.78 Å². The Kier molecular flexibility index (Phi) is 4.61. The van der Waals surface area contributed by atoms with Crippen LogP contribution in [0.25, 0.3) is 21.9 Å². The lowest BCUT2D eigenvalue weighted by atomic mass is 10.2. The van der Waals surface area contributed by atoms with Crippen molar-refractivity contribution in [2.75, 3.05) is 0 Å². The highest BCUT2D eigenvalue weighted by Gasteiger charge is 2.06. The molecule has 0 saturated heterocycles. The molecular formula is C21H19N5O. The molecule has 0 unspecified atom stereocenters. The molecule has 0 bridgehead atoms. The van der Waals surface area contributed by atoms with Crippen molar-refractivity contribution < 1.29 is 4.79 Å². The van der Waals surface area contributed by atoms with Crippen molar-refractivity contribution in [3.63, 3.8) is 0 Å². The summed E-state index contributed by atoms with van der Waals surface area (Å²) in [6.45, 7) is 2.69. The number of aryl methyl sites for hydroxylation is 2. The van der Waals surface area contributed by atoms with Gasteiger partial charge in [-0.1, -0.05) is 18.2 Å². The number of benzene rings is 1. The first-order chi connectivity index (χ1) is 13.2. The second-order valence-electron chi connectivity index (χ2n) is 6.34. The molecule has 0 spiro atoms. The minimum atomic E-state index is -0.135. The Morgan fingerprint density at radius 2 is 2.04 bits per heavy atom. The van der Waals surface area contributed by atoms with Crippen LogP contribution in [-0.4, -0.2) is 26.7 Å². The van der Waals surface area contributed by atoms with E-state index in [2.05, 4.69) is 50.3 Å². The van der Waals surface area contributed by atoms with Gasteiger partial charge in [0, 0.05) is 36.3 Å². The molecule has 0 atom stereocenters. The Morgan fingerprint density at radius 3 is 2.96 bits per heavy atom. The summed E-state index contributed by atoms with van der Waals surface area (Å²) in [5.41, 5.74) is 7.20. The number of nitrogens with zero attached hydrogens (tertiary/aromatic N) is 4. The van der Waals surface area contributed by atoms with Crippen LogP contribution in [0.5, 0.6) is 0 Å². The number of pyridine rings is 2. The first kappa shape index (κ1) is 16.9. The summed E-state index contributed by atoms with van der Waals surface area (Å²) < 4.78 is 2.10. The molecule has 27 heavy (non-hydrogen) atoms. The lowest BCUT2D eigenvalue weighted by molar-refractivity contribution is -0.121. The van der Waals surface area contributed by atoms with E-state index in [1.807, 2.05) is 36.4 Å². The van der Waals surface area contributed by atoms with Crippen molar-refractivity contribution in [3.8, 4) is 0 Å². The summed E-state index contributed by atoms with van der Waals surface area (Å²) in [6, 6.07) is 15.6. The third-order valence-corrected chi connectivity index (χ3v) is 4.43. The third-order valence-electron chi connectivity index (χ3n) is 4.43. The molecule has 4 rings (SSSR count). The Morgan fingerprint density at radius 1 is 1.15 bits per heavy atom. The first-order valence-electron chi connectivity index (χ1n) is 8.79. The quantitative estimate of drug-likeness (QED) is 0.439. The fourth-order valence-corrected chi connectivity index (χ4v) is 3.11. The van der Waals surface area contributed by atoms with Gasteiger partial charge in [-0.25, -0.2) is 10.4 Å². The van der Waals surface area contributed by atoms with E-state index in [-0.39, 0.29) is 5.91 Å². The number of rotatable bonds is 5. The van der Waals surface area contributed by atoms with Crippen molar-refractivity contribution in [2.24, 2.45) is 5.10 Å². The highest BCUT2D eigenvalue weighted by molar-refractivity contribution is 5.85. The van der Waals surface area contributed by atoms with Crippen LogP contribution in [0.1, 0.15) is 17.7 Å². The molecule has 0 aliphatic carbocycles. The van der Waals surface area contributed by atoms with E-state index in [1.165, 1.54) is 10.9 Å². The zero-order valence-corrected chi connectivity index (χ0v) is 15.0. The number of hydrogen-bond donors (Lipinski definition) is 1. The Labute approximate surface area is 156 Å². The number of nitrogens with one attached hydrogen (secondary N) is 1. The molecular weight excluding hydrogens is 338 g/mol. The molecule has 1 N–H and O–H groups in total. The van der Waals surface area contributed by atoms with Crippen LogP contribution in [0.3, 0.4) is 0 Å². The smallest absolute Gasteiger partial charge is 0.241 e. The SMILES string of the molecule is Cc1cn(CCC(=O)N/N=C/c2ccc3ncccc3n2)c2ccccc12. The number of para-hydroxylation sites is 1. The standard InChI is InChI=1S/C21H19N5O/c1-15-14-26(20-7-3-2-5-17(15)20)12-10-21(27)25-23-13-16-8-9-18-19(24-16)6-4-11-22-18/h2-9,11,13-14H,10,12H2,1H3,(H,25,27)/b23-13+. The van der Waals surface area contributed by atoms with Crippen molar-refractivity contribution in [1.82, 2.24) is 20.0 Å². The molecule has 1 amide bonds. The molecule has 0 aliphatic heterocycles. The number of carbonyl (C=O) groups is 1. The topological polar surface area (TPSA) is 72.2 Å². The molecule has 0 saturated carbocycles. The lowest BCUT2D eigenvalue weighted by Gasteiger charge is -2.04. The van der Waals surface area contributed by atoms with Crippen LogP contribution in [0, 0.1) is 6.92 Å². The fourth-order valence-electron chi connectivity index (χ4n) is 3.11. The highest BCUT2D eigenvalue weighted by atomic mass is 16.2. The summed E-state index contributed by atoms with van der Waals surface area (Å²) in [5, 5.41) is 5.23. The van der Waals surface area contributed by atoms with Crippen LogP contribution < -0.4 is 5.43 Å². The number of aromatic nitrogens is 3. The zero-order chi connectivity index (χ0) is 18.6. The normalized spacial score (nSPS) is 11.4. The molecule has 134 valence electrons. The predicted octanol–water partition coefficient (Wildman–Crippen LogP) is 3.43. The molecule has 0 fully saturated rings. The minimum Gasteiger partial charge on any atom is -0.347 e. The van der Waals surface area contributed by atoms with Gasteiger partial charge in [0.15, 0.2) is 0 Å². The van der Waals surface area contributed by atoms with Crippen molar-refractivity contribution in [3.05, 3.63) is 72.2 Å². The number of hydrogen-bond acceptors (Lipinski definition) is 4. The monoisotopic (exact) mass is 357 g/mol. The molecule has 0 radical (unpaired) electrons. The van der Waals surface area contributed by atoms with Crippen molar-refractivity contribution >= 4 is 34.1 Å². The maximum absolute atomic E-state index is 12.1. The number of hydrazone groups is 1. The maximum Gasteiger partial charge on any atom is 0.241 e. The second-order valence-corrected chi connectivity index (χ2v) is 6.34. The van der Waals surface area contributed by atoms with E-state index in [4.69, 9.17) is 0 Å². The van der Waals surface area contributed by atoms with E-state index in [0.717, 1.165) is 16.6 Å². The van der Waals surface area contributed by atoms with Gasteiger partial charge in [0.25, 0.3) is 0 Å². The Balaban J connectivity index is 1.36. The molecule has 1 aromatic carbocycles. The van der Waals surface area contributed by atoms with Gasteiger partial charge in [-0.2, -0.15) is 5.10 Å². The minimum absolute atomic E-state index is 0.135. The maximum atomic E-state index is 12.1. The molecule has 3 aromatic heterocycles. The second kappa shape index (κ2) is 7.37. The van der Waals surface area contributed by atoms with Gasteiger partial charge in [0.2, 0.25) is 5.91 Å². The summed E-state index contributed by atoms with van der Waals surface area (Å²) >= 11 is 0. The van der Waals surface area contributed by atoms with Gasteiger partial charge >= 0.3 is 0 Å². The van der Waals surface area contributed by atoms with Crippen LogP contribution >= 0.6 is 0 Å². The largest absolute Gasteiger partial charge is 0.347 e. The van der Waals surface area contributed by atoms with Gasteiger partial charge in [-0.05, 0) is 42.8 Å². The molecule has 6 heteroatoms. The predicted molar refractivity (Wildman–Crippen MR) is 107 cm³/mol. The summed E-state index contributed by atoms with van der Waals surface area (Å²) in [5.74, 6) is -0.135. The van der Waals surface area contributed by atoms with Crippen LogP contribution in [0.2, 0.25) is 0 Å². The van der Waals surface area contributed by atoms with Gasteiger partial charge < -0.3 is 4.57 Å². The van der Waals surface area contributed by atoms with Crippen LogP contribution in [-0.2, 0) is 11.3 Å². The first-order valence-corrected chi connectivity index (χ1v) is 8.79. The van der Waals surface area contributed by atoms with Crippen LogP contribution in [0.15, 0.2) is 66.0 Å². The Bertz CT molecular complexity index is 1150. The summed E-state index contributed by atoms with van der Waals surface area (Å²) in [7, 11) is 0. The van der Waals surface area contributed by atoms with Gasteiger partial charge in [0.05, 0.1) is 22.9 Å². The van der Waals surface area contributed by atoms with E-state index in [0.29, 0.717) is 18.7 Å². The average Bonchev–Trinajstić information content (AvgIpc) is 3.02. The van der Waals surface area contributed by atoms with E-state index < -0.39 is 0 Å². The zero-order valence-electron chi connectivity index (χ0n) is 15.0. The third kappa shape index (κ3) is 3.69. The Hall–Kier alpha value is -3.54. The van der Waals surface area contributed by atoms with E-state index in [9.17, 15) is 4.79 Å². The number of fused-ring (bicyclic) bond motifs is 2. The van der Waals surface area contributed by atoms with Crippen molar-refractivity contribution in [1.29, 1.82) is 0 Å². The number of carbonyl (C=O) groups excluding carboxylic acids is 1. The molecule has 6 nitrogen and oxygen atoms in total. The van der Waals surface area contributed by atoms with Gasteiger partial charge in [-0.15, -0.1) is 0 Å². The van der Waals surface area contributed by atoms with E-state index in [1.54, 1.807) is 12.4 Å². The van der Waals surface area contributed by atoms with E-state index >= 15 is 0 Å². The summed E-state index contributed by atoms with van der Waals surface area (Å²) in [6.07, 6.45) is 5.70.